The van der Waals surface area contributed by atoms with Crippen LogP contribution in [0.4, 0.5) is 5.69 Å². The fourth-order valence-electron chi connectivity index (χ4n) is 4.98. The van der Waals surface area contributed by atoms with Crippen molar-refractivity contribution in [3.8, 4) is 0 Å². The van der Waals surface area contributed by atoms with Crippen LogP contribution < -0.4 is 0 Å². The Morgan fingerprint density at radius 2 is 2.04 bits per heavy atom. The third kappa shape index (κ3) is 2.90. The van der Waals surface area contributed by atoms with Crippen LogP contribution in [-0.2, 0) is 0 Å². The number of nitro benzene ring substituents is 1. The highest BCUT2D eigenvalue weighted by Crippen LogP contribution is 2.49. The number of hydrogen-bond donors (Lipinski definition) is 0. The summed E-state index contributed by atoms with van der Waals surface area (Å²) in [5.41, 5.74) is 4.45. The number of fused-ring (bicyclic) bond motifs is 3. The summed E-state index contributed by atoms with van der Waals surface area (Å²) in [5, 5.41) is 10.9. The van der Waals surface area contributed by atoms with Crippen LogP contribution in [0.25, 0.3) is 0 Å². The molecule has 0 aliphatic heterocycles. The summed E-state index contributed by atoms with van der Waals surface area (Å²) in [6.45, 7) is 0. The van der Waals surface area contributed by atoms with E-state index in [1.165, 1.54) is 57.4 Å². The Bertz CT molecular complexity index is 707. The molecule has 4 nitrogen and oxygen atoms in total. The van der Waals surface area contributed by atoms with Gasteiger partial charge < -0.3 is 0 Å². The third-order valence-electron chi connectivity index (χ3n) is 6.05. The molecular formula is C20H24N2O2. The molecule has 3 aliphatic rings. The van der Waals surface area contributed by atoms with E-state index in [1.807, 2.05) is 12.3 Å². The highest BCUT2D eigenvalue weighted by molar-refractivity contribution is 5.80. The lowest BCUT2D eigenvalue weighted by atomic mass is 9.63. The molecule has 0 aromatic heterocycles. The molecule has 1 aromatic carbocycles. The molecule has 0 amide bonds. The molecule has 3 aliphatic carbocycles. The molecule has 4 heteroatoms. The van der Waals surface area contributed by atoms with E-state index in [4.69, 9.17) is 4.99 Å². The maximum Gasteiger partial charge on any atom is 0.270 e. The summed E-state index contributed by atoms with van der Waals surface area (Å²) < 4.78 is 0. The van der Waals surface area contributed by atoms with Gasteiger partial charge in [0.1, 0.15) is 0 Å². The van der Waals surface area contributed by atoms with Crippen molar-refractivity contribution in [3.05, 3.63) is 51.1 Å². The maximum absolute atomic E-state index is 10.9. The summed E-state index contributed by atoms with van der Waals surface area (Å²) in [7, 11) is 0. The van der Waals surface area contributed by atoms with Gasteiger partial charge in [0, 0.05) is 24.3 Å². The van der Waals surface area contributed by atoms with E-state index in [9.17, 15) is 10.1 Å². The van der Waals surface area contributed by atoms with E-state index in [1.54, 1.807) is 23.3 Å². The van der Waals surface area contributed by atoms with Crippen molar-refractivity contribution in [1.82, 2.24) is 0 Å². The van der Waals surface area contributed by atoms with Gasteiger partial charge in [0.15, 0.2) is 0 Å². The molecule has 126 valence electrons. The summed E-state index contributed by atoms with van der Waals surface area (Å²) >= 11 is 0. The van der Waals surface area contributed by atoms with Crippen LogP contribution in [0, 0.1) is 22.0 Å². The van der Waals surface area contributed by atoms with Crippen LogP contribution in [0.15, 0.2) is 40.4 Å². The largest absolute Gasteiger partial charge is 0.288 e. The second-order valence-corrected chi connectivity index (χ2v) is 7.46. The molecule has 2 bridgehead atoms. The van der Waals surface area contributed by atoms with Gasteiger partial charge in [-0.25, -0.2) is 0 Å². The zero-order chi connectivity index (χ0) is 16.5. The summed E-state index contributed by atoms with van der Waals surface area (Å²) in [5.74, 6) is 1.30. The van der Waals surface area contributed by atoms with Gasteiger partial charge in [-0.3, -0.25) is 15.1 Å². The predicted molar refractivity (Wildman–Crippen MR) is 95.4 cm³/mol. The number of aliphatic imine (C=N–C) groups is 1. The van der Waals surface area contributed by atoms with E-state index >= 15 is 0 Å². The topological polar surface area (TPSA) is 55.5 Å². The van der Waals surface area contributed by atoms with E-state index in [0.717, 1.165) is 5.56 Å². The molecule has 1 aromatic rings. The Morgan fingerprint density at radius 1 is 1.17 bits per heavy atom. The summed E-state index contributed by atoms with van der Waals surface area (Å²) in [4.78, 5) is 15.5. The first-order valence-corrected chi connectivity index (χ1v) is 9.21. The number of nitrogens with zero attached hydrogens (tertiary/aromatic N) is 2. The first kappa shape index (κ1) is 15.6. The minimum absolute atomic E-state index is 0.139. The standard InChI is InChI=1S/C20H24N2O2/c23-22(24)17-8-3-5-14(11-17)13-21-20-16-7-4-10-19(20)18-9-2-1-6-15(18)12-16/h3,5,8,11,13,16,19-20H,1-2,4,6-7,9-10,12H2/t16-,19+,20-/m0/s1. The Morgan fingerprint density at radius 3 is 2.92 bits per heavy atom. The molecule has 0 saturated heterocycles. The number of benzene rings is 1. The normalized spacial score (nSPS) is 29.6. The number of non-ortho nitro benzene ring substituents is 1. The SMILES string of the molecule is O=[N+]([O-])c1cccc(C=N[C@H]2[C@H]3CCC[C@@H]2C2=C(CCCC2)C3)c1. The molecular weight excluding hydrogens is 300 g/mol. The molecule has 0 heterocycles. The van der Waals surface area contributed by atoms with E-state index in [-0.39, 0.29) is 10.6 Å². The van der Waals surface area contributed by atoms with E-state index in [0.29, 0.717) is 17.9 Å². The predicted octanol–water partition coefficient (Wildman–Crippen LogP) is 5.07. The number of allylic oxidation sites excluding steroid dienone is 1. The quantitative estimate of drug-likeness (QED) is 0.337. The first-order valence-electron chi connectivity index (χ1n) is 9.21. The van der Waals surface area contributed by atoms with Crippen LogP contribution in [0.2, 0.25) is 0 Å². The van der Waals surface area contributed by atoms with Gasteiger partial charge in [0.05, 0.1) is 11.0 Å². The van der Waals surface area contributed by atoms with Gasteiger partial charge in [0.25, 0.3) is 5.69 Å². The van der Waals surface area contributed by atoms with Crippen molar-refractivity contribution in [2.24, 2.45) is 16.8 Å². The average molecular weight is 324 g/mol. The first-order chi connectivity index (χ1) is 11.7. The maximum atomic E-state index is 10.9. The van der Waals surface area contributed by atoms with Gasteiger partial charge >= 0.3 is 0 Å². The lowest BCUT2D eigenvalue weighted by Crippen LogP contribution is -2.38. The van der Waals surface area contributed by atoms with Crippen molar-refractivity contribution in [3.63, 3.8) is 0 Å². The molecule has 0 spiro atoms. The Hall–Kier alpha value is -1.97. The molecule has 3 atom stereocenters. The Balaban J connectivity index is 1.59. The minimum atomic E-state index is -0.341. The lowest BCUT2D eigenvalue weighted by Gasteiger charge is -2.44. The molecule has 24 heavy (non-hydrogen) atoms. The fourth-order valence-corrected chi connectivity index (χ4v) is 4.98. The van der Waals surface area contributed by atoms with Crippen molar-refractivity contribution in [1.29, 1.82) is 0 Å². The highest BCUT2D eigenvalue weighted by Gasteiger charge is 2.40. The Kier molecular flexibility index (Phi) is 4.21. The van der Waals surface area contributed by atoms with Crippen LogP contribution in [0.5, 0.6) is 0 Å². The van der Waals surface area contributed by atoms with Crippen molar-refractivity contribution in [2.45, 2.75) is 57.4 Å². The highest BCUT2D eigenvalue weighted by atomic mass is 16.6. The minimum Gasteiger partial charge on any atom is -0.288 e. The second-order valence-electron chi connectivity index (χ2n) is 7.46. The van der Waals surface area contributed by atoms with E-state index < -0.39 is 0 Å². The lowest BCUT2D eigenvalue weighted by molar-refractivity contribution is -0.384. The molecule has 0 N–H and O–H groups in total. The molecule has 1 saturated carbocycles. The second kappa shape index (κ2) is 6.50. The summed E-state index contributed by atoms with van der Waals surface area (Å²) in [6, 6.07) is 7.18. The van der Waals surface area contributed by atoms with Crippen molar-refractivity contribution >= 4 is 11.9 Å². The molecule has 0 unspecified atom stereocenters. The van der Waals surface area contributed by atoms with Crippen molar-refractivity contribution < 1.29 is 4.92 Å². The van der Waals surface area contributed by atoms with Gasteiger partial charge in [-0.15, -0.1) is 0 Å². The van der Waals surface area contributed by atoms with Gasteiger partial charge in [-0.05, 0) is 56.4 Å². The smallest absolute Gasteiger partial charge is 0.270 e. The zero-order valence-electron chi connectivity index (χ0n) is 14.0. The molecule has 0 radical (unpaired) electrons. The van der Waals surface area contributed by atoms with Gasteiger partial charge in [0.2, 0.25) is 0 Å². The third-order valence-corrected chi connectivity index (χ3v) is 6.05. The fraction of sp³-hybridized carbons (Fsp3) is 0.550. The number of rotatable bonds is 3. The van der Waals surface area contributed by atoms with Crippen LogP contribution in [0.1, 0.15) is 56.9 Å². The van der Waals surface area contributed by atoms with Crippen LogP contribution in [-0.4, -0.2) is 17.2 Å². The zero-order valence-corrected chi connectivity index (χ0v) is 14.0. The monoisotopic (exact) mass is 324 g/mol. The number of nitro groups is 1. The Labute approximate surface area is 142 Å². The van der Waals surface area contributed by atoms with Crippen LogP contribution >= 0.6 is 0 Å². The van der Waals surface area contributed by atoms with E-state index in [2.05, 4.69) is 0 Å². The van der Waals surface area contributed by atoms with Gasteiger partial charge in [-0.1, -0.05) is 29.7 Å². The summed E-state index contributed by atoms with van der Waals surface area (Å²) in [6.07, 6.45) is 12.3. The molecule has 1 fully saturated rings. The number of hydrogen-bond acceptors (Lipinski definition) is 3. The van der Waals surface area contributed by atoms with Crippen molar-refractivity contribution in [2.75, 3.05) is 0 Å². The molecule has 4 rings (SSSR count). The van der Waals surface area contributed by atoms with Crippen LogP contribution in [0.3, 0.4) is 0 Å². The average Bonchev–Trinajstić information content (AvgIpc) is 2.60. The van der Waals surface area contributed by atoms with Gasteiger partial charge in [-0.2, -0.15) is 0 Å².